The molecule has 80 heavy (non-hydrogen) atoms. The number of rotatable bonds is 4. The van der Waals surface area contributed by atoms with Gasteiger partial charge < -0.3 is 0 Å². The molecule has 0 unspecified atom stereocenters. The summed E-state index contributed by atoms with van der Waals surface area (Å²) in [4.78, 5) is 0. The van der Waals surface area contributed by atoms with Crippen molar-refractivity contribution in [2.24, 2.45) is 0 Å². The van der Waals surface area contributed by atoms with E-state index in [-0.39, 0.29) is 0 Å². The molecule has 0 spiro atoms. The SMILES string of the molecule is Cc1ccc(-c2ccc(C)cc2)cc1.Cc1ccc(-c2cccc(C)c2)cc1.Cc1ccc(C)cc1.Cc1cccc(-c2cccc(C)c2)c1.Cc1cccc(C)c1.Cc1ccccc1-c1ccccc1C.Cc1ccccc1C. The van der Waals surface area contributed by atoms with Gasteiger partial charge in [0, 0.05) is 0 Å². The van der Waals surface area contributed by atoms with Crippen LogP contribution in [0.5, 0.6) is 0 Å². The Kier molecular flexibility index (Phi) is 25.7. The van der Waals surface area contributed by atoms with Crippen LogP contribution < -0.4 is 0 Å². The lowest BCUT2D eigenvalue weighted by Gasteiger charge is -2.08. The van der Waals surface area contributed by atoms with E-state index < -0.39 is 0 Å². The van der Waals surface area contributed by atoms with Gasteiger partial charge in [-0.2, -0.15) is 0 Å². The Labute approximate surface area is 483 Å². The molecule has 11 aromatic carbocycles. The Hall–Kier alpha value is -8.58. The number of benzene rings is 11. The van der Waals surface area contributed by atoms with Gasteiger partial charge in [-0.1, -0.05) is 323 Å². The first-order chi connectivity index (χ1) is 38.4. The van der Waals surface area contributed by atoms with Crippen LogP contribution >= 0.6 is 0 Å². The number of hydrogen-bond donors (Lipinski definition) is 0. The molecule has 0 saturated heterocycles. The van der Waals surface area contributed by atoms with Gasteiger partial charge in [-0.05, 0) is 164 Å². The normalized spacial score (nSPS) is 9.88. The van der Waals surface area contributed by atoms with Gasteiger partial charge in [-0.25, -0.2) is 0 Å². The van der Waals surface area contributed by atoms with Gasteiger partial charge in [0.15, 0.2) is 0 Å². The fourth-order valence-electron chi connectivity index (χ4n) is 8.57. The van der Waals surface area contributed by atoms with E-state index in [0.717, 1.165) is 0 Å². The molecule has 0 atom stereocenters. The van der Waals surface area contributed by atoms with Gasteiger partial charge in [0.25, 0.3) is 0 Å². The van der Waals surface area contributed by atoms with Crippen LogP contribution in [0.15, 0.2) is 267 Å². The van der Waals surface area contributed by atoms with Gasteiger partial charge in [0.05, 0.1) is 0 Å². The van der Waals surface area contributed by atoms with Crippen molar-refractivity contribution in [1.29, 1.82) is 0 Å². The highest BCUT2D eigenvalue weighted by molar-refractivity contribution is 5.70. The predicted octanol–water partition coefficient (Wildman–Crippen LogP) is 22.8. The van der Waals surface area contributed by atoms with E-state index in [1.807, 2.05) is 0 Å². The summed E-state index contributed by atoms with van der Waals surface area (Å²) in [5.41, 5.74) is 29.0. The van der Waals surface area contributed by atoms with E-state index >= 15 is 0 Å². The lowest BCUT2D eigenvalue weighted by atomic mass is 9.97. The molecule has 11 aromatic rings. The first-order valence-corrected chi connectivity index (χ1v) is 28.1. The molecule has 0 amide bonds. The number of aryl methyl sites for hydroxylation is 14. The minimum Gasteiger partial charge on any atom is -0.0620 e. The highest BCUT2D eigenvalue weighted by Gasteiger charge is 2.03. The van der Waals surface area contributed by atoms with Gasteiger partial charge in [0.2, 0.25) is 0 Å². The molecule has 0 nitrogen and oxygen atoms in total. The third-order valence-electron chi connectivity index (χ3n) is 13.6. The topological polar surface area (TPSA) is 0 Å². The highest BCUT2D eigenvalue weighted by Crippen LogP contribution is 2.26. The lowest BCUT2D eigenvalue weighted by Crippen LogP contribution is -1.85. The molecule has 0 aliphatic heterocycles. The molecule has 11 rings (SSSR count). The third kappa shape index (κ3) is 22.4. The maximum absolute atomic E-state index is 2.22. The summed E-state index contributed by atoms with van der Waals surface area (Å²) in [6.07, 6.45) is 0. The minimum absolute atomic E-state index is 1.29. The molecule has 0 N–H and O–H groups in total. The fraction of sp³-hybridized carbons (Fsp3) is 0.175. The van der Waals surface area contributed by atoms with Gasteiger partial charge in [0.1, 0.15) is 0 Å². The second-order valence-electron chi connectivity index (χ2n) is 21.2. The van der Waals surface area contributed by atoms with Crippen molar-refractivity contribution in [2.45, 2.75) is 96.9 Å². The van der Waals surface area contributed by atoms with Gasteiger partial charge in [-0.15, -0.1) is 0 Å². The molecule has 0 aliphatic rings. The molecule has 0 heterocycles. The summed E-state index contributed by atoms with van der Waals surface area (Å²) < 4.78 is 0. The molecular weight excluding hydrogens is 961 g/mol. The van der Waals surface area contributed by atoms with Crippen molar-refractivity contribution >= 4 is 0 Å². The largest absolute Gasteiger partial charge is 0.0620 e. The Balaban J connectivity index is 0.000000174. The van der Waals surface area contributed by atoms with E-state index in [1.54, 1.807) is 0 Å². The molecule has 0 aromatic heterocycles. The van der Waals surface area contributed by atoms with E-state index in [0.29, 0.717) is 0 Å². The quantitative estimate of drug-likeness (QED) is 0.165. The fourth-order valence-corrected chi connectivity index (χ4v) is 8.57. The second-order valence-corrected chi connectivity index (χ2v) is 21.2. The molecule has 0 aliphatic carbocycles. The van der Waals surface area contributed by atoms with Crippen LogP contribution in [0.3, 0.4) is 0 Å². The minimum atomic E-state index is 1.29. The first kappa shape index (κ1) is 62.3. The molecule has 0 heteroatoms. The van der Waals surface area contributed by atoms with Crippen molar-refractivity contribution in [3.8, 4) is 44.5 Å². The molecular formula is C80H86. The van der Waals surface area contributed by atoms with Crippen LogP contribution in [0.2, 0.25) is 0 Å². The molecule has 406 valence electrons. The zero-order valence-corrected chi connectivity index (χ0v) is 50.4. The van der Waals surface area contributed by atoms with Crippen LogP contribution in [0, 0.1) is 96.9 Å². The van der Waals surface area contributed by atoms with E-state index in [2.05, 4.69) is 364 Å². The van der Waals surface area contributed by atoms with E-state index in [9.17, 15) is 0 Å². The van der Waals surface area contributed by atoms with Gasteiger partial charge in [-0.3, -0.25) is 0 Å². The molecule has 0 fully saturated rings. The van der Waals surface area contributed by atoms with Crippen LogP contribution in [0.1, 0.15) is 77.9 Å². The van der Waals surface area contributed by atoms with E-state index in [4.69, 9.17) is 0 Å². The van der Waals surface area contributed by atoms with Crippen molar-refractivity contribution in [2.75, 3.05) is 0 Å². The summed E-state index contributed by atoms with van der Waals surface area (Å²) in [6.45, 7) is 29.7. The molecule has 0 saturated carbocycles. The summed E-state index contributed by atoms with van der Waals surface area (Å²) >= 11 is 0. The third-order valence-corrected chi connectivity index (χ3v) is 13.6. The zero-order chi connectivity index (χ0) is 57.8. The summed E-state index contributed by atoms with van der Waals surface area (Å²) in [7, 11) is 0. The van der Waals surface area contributed by atoms with Crippen LogP contribution in [0.4, 0.5) is 0 Å². The molecule has 0 radical (unpaired) electrons. The van der Waals surface area contributed by atoms with Crippen molar-refractivity contribution in [3.05, 3.63) is 345 Å². The average Bonchev–Trinajstić information content (AvgIpc) is 3.45. The van der Waals surface area contributed by atoms with Crippen molar-refractivity contribution in [1.82, 2.24) is 0 Å². The summed E-state index contributed by atoms with van der Waals surface area (Å²) in [5.74, 6) is 0. The Bertz CT molecular complexity index is 3350. The van der Waals surface area contributed by atoms with E-state index in [1.165, 1.54) is 122 Å². The zero-order valence-electron chi connectivity index (χ0n) is 50.4. The standard InChI is InChI=1S/4C14H14.3C8H10/c1-11-3-7-13(8-4-11)14-9-5-12(2)6-10-14;1-11-5-3-7-13(9-11)14-8-4-6-12(2)10-14;1-11-7-3-5-9-13(11)14-10-6-4-8-12(14)2;1-11-6-8-13(9-7-11)14-5-3-4-12(2)10-14;1-7-3-5-8(2)6-4-7;1-7-4-3-5-8(2)6-7;1-7-5-3-4-6-8(7)2/h4*3-10H,1-2H3;3*3-6H,1-2H3. The Morgan fingerprint density at radius 1 is 0.138 bits per heavy atom. The van der Waals surface area contributed by atoms with Crippen LogP contribution in [0.25, 0.3) is 44.5 Å². The van der Waals surface area contributed by atoms with Crippen molar-refractivity contribution in [3.63, 3.8) is 0 Å². The smallest absolute Gasteiger partial charge is 0.0152 e. The maximum Gasteiger partial charge on any atom is -0.0152 e. The number of hydrogen-bond acceptors (Lipinski definition) is 0. The summed E-state index contributed by atoms with van der Waals surface area (Å²) in [6, 6.07) is 94.0. The Morgan fingerprint density at radius 3 is 0.588 bits per heavy atom. The lowest BCUT2D eigenvalue weighted by molar-refractivity contribution is 1.34. The average molecular weight is 1050 g/mol. The predicted molar refractivity (Wildman–Crippen MR) is 353 cm³/mol. The Morgan fingerprint density at radius 2 is 0.350 bits per heavy atom. The maximum atomic E-state index is 2.22. The monoisotopic (exact) mass is 1050 g/mol. The highest BCUT2D eigenvalue weighted by atomic mass is 14.1. The van der Waals surface area contributed by atoms with Crippen LogP contribution in [-0.4, -0.2) is 0 Å². The van der Waals surface area contributed by atoms with Gasteiger partial charge >= 0.3 is 0 Å². The second kappa shape index (κ2) is 33.0. The van der Waals surface area contributed by atoms with Crippen molar-refractivity contribution < 1.29 is 0 Å². The summed E-state index contributed by atoms with van der Waals surface area (Å²) in [5, 5.41) is 0. The molecule has 0 bridgehead atoms. The first-order valence-electron chi connectivity index (χ1n) is 28.1. The van der Waals surface area contributed by atoms with Crippen LogP contribution in [-0.2, 0) is 0 Å².